The highest BCUT2D eigenvalue weighted by Crippen LogP contribution is 2.30. The summed E-state index contributed by atoms with van der Waals surface area (Å²) >= 11 is 1.65. The number of hydrogen-bond donors (Lipinski definition) is 1. The summed E-state index contributed by atoms with van der Waals surface area (Å²) in [6.45, 7) is 3.75. The molecule has 3 rings (SSSR count). The first-order valence-corrected chi connectivity index (χ1v) is 7.99. The van der Waals surface area contributed by atoms with E-state index in [1.165, 1.54) is 5.56 Å². The molecule has 1 aliphatic heterocycles. The molecule has 0 spiro atoms. The number of halogens is 1. The molecular formula is C14H22ClN5OS. The van der Waals surface area contributed by atoms with Crippen molar-refractivity contribution in [1.82, 2.24) is 25.3 Å². The molecule has 122 valence electrons. The van der Waals surface area contributed by atoms with Crippen LogP contribution in [0.1, 0.15) is 17.4 Å². The monoisotopic (exact) mass is 343 g/mol. The van der Waals surface area contributed by atoms with Gasteiger partial charge in [-0.2, -0.15) is 4.98 Å². The van der Waals surface area contributed by atoms with Gasteiger partial charge in [-0.05, 0) is 38.2 Å². The van der Waals surface area contributed by atoms with Crippen LogP contribution in [-0.4, -0.2) is 60.7 Å². The number of rotatable bonds is 4. The lowest BCUT2D eigenvalue weighted by atomic mass is 10.2. The molecule has 8 heteroatoms. The molecule has 1 fully saturated rings. The van der Waals surface area contributed by atoms with Gasteiger partial charge < -0.3 is 14.7 Å². The van der Waals surface area contributed by atoms with Crippen molar-refractivity contribution < 1.29 is 4.52 Å². The molecule has 0 saturated carbocycles. The predicted octanol–water partition coefficient (Wildman–Crippen LogP) is 1.86. The lowest BCUT2D eigenvalue weighted by Crippen LogP contribution is -2.44. The van der Waals surface area contributed by atoms with Crippen LogP contribution in [-0.2, 0) is 6.54 Å². The zero-order valence-corrected chi connectivity index (χ0v) is 14.7. The molecule has 0 radical (unpaired) electrons. The zero-order chi connectivity index (χ0) is 14.8. The standard InChI is InChI=1S/C14H21N5OS.ClH/c1-18(2)9-10-4-7-21-12(10)14-16-13(17-20-14)11-8-15-5-6-19(11)3;/h4,7,11,15H,5-6,8-9H2,1-3H3;1H. The molecule has 2 aromatic rings. The molecule has 2 aromatic heterocycles. The molecule has 0 amide bonds. The van der Waals surface area contributed by atoms with E-state index < -0.39 is 0 Å². The fourth-order valence-corrected chi connectivity index (χ4v) is 3.38. The van der Waals surface area contributed by atoms with Crippen molar-refractivity contribution in [3.63, 3.8) is 0 Å². The Morgan fingerprint density at radius 1 is 1.50 bits per heavy atom. The number of likely N-dealkylation sites (N-methyl/N-ethyl adjacent to an activating group) is 1. The lowest BCUT2D eigenvalue weighted by Gasteiger charge is -2.30. The van der Waals surface area contributed by atoms with Crippen molar-refractivity contribution in [2.45, 2.75) is 12.6 Å². The normalized spacial score (nSPS) is 19.4. The molecule has 1 saturated heterocycles. The van der Waals surface area contributed by atoms with Gasteiger partial charge in [-0.25, -0.2) is 0 Å². The Hall–Kier alpha value is -0.990. The van der Waals surface area contributed by atoms with E-state index in [1.54, 1.807) is 11.3 Å². The molecular weight excluding hydrogens is 322 g/mol. The van der Waals surface area contributed by atoms with Crippen molar-refractivity contribution >= 4 is 23.7 Å². The summed E-state index contributed by atoms with van der Waals surface area (Å²) in [5, 5.41) is 9.65. The number of piperazine rings is 1. The molecule has 3 heterocycles. The number of nitrogens with zero attached hydrogens (tertiary/aromatic N) is 4. The van der Waals surface area contributed by atoms with E-state index in [2.05, 4.69) is 57.8 Å². The van der Waals surface area contributed by atoms with E-state index in [4.69, 9.17) is 4.52 Å². The van der Waals surface area contributed by atoms with Crippen LogP contribution in [0.2, 0.25) is 0 Å². The lowest BCUT2D eigenvalue weighted by molar-refractivity contribution is 0.190. The third-order valence-electron chi connectivity index (χ3n) is 3.68. The van der Waals surface area contributed by atoms with Gasteiger partial charge in [0, 0.05) is 26.2 Å². The summed E-state index contributed by atoms with van der Waals surface area (Å²) in [5.41, 5.74) is 1.23. The average Bonchev–Trinajstić information content (AvgIpc) is 3.07. The summed E-state index contributed by atoms with van der Waals surface area (Å²) in [6.07, 6.45) is 0. The van der Waals surface area contributed by atoms with Crippen LogP contribution in [0.15, 0.2) is 16.0 Å². The van der Waals surface area contributed by atoms with E-state index >= 15 is 0 Å². The Morgan fingerprint density at radius 2 is 2.32 bits per heavy atom. The van der Waals surface area contributed by atoms with Gasteiger partial charge in [0.2, 0.25) is 0 Å². The molecule has 0 aromatic carbocycles. The van der Waals surface area contributed by atoms with Crippen LogP contribution in [0.3, 0.4) is 0 Å². The van der Waals surface area contributed by atoms with Crippen molar-refractivity contribution in [2.75, 3.05) is 40.8 Å². The SMILES string of the molecule is CN(C)Cc1ccsc1-c1nc(C2CNCCN2C)no1.Cl. The van der Waals surface area contributed by atoms with Crippen LogP contribution in [0.4, 0.5) is 0 Å². The highest BCUT2D eigenvalue weighted by atomic mass is 35.5. The minimum atomic E-state index is 0. The molecule has 0 bridgehead atoms. The van der Waals surface area contributed by atoms with Crippen molar-refractivity contribution in [3.05, 3.63) is 22.8 Å². The Balaban J connectivity index is 0.00000176. The molecule has 1 unspecified atom stereocenters. The summed E-state index contributed by atoms with van der Waals surface area (Å²) in [6, 6.07) is 2.31. The Kier molecular flexibility index (Phi) is 5.94. The smallest absolute Gasteiger partial charge is 0.268 e. The number of nitrogens with one attached hydrogen (secondary N) is 1. The summed E-state index contributed by atoms with van der Waals surface area (Å²) in [5.74, 6) is 1.40. The van der Waals surface area contributed by atoms with Gasteiger partial charge in [-0.15, -0.1) is 23.7 Å². The van der Waals surface area contributed by atoms with Gasteiger partial charge in [-0.3, -0.25) is 4.90 Å². The van der Waals surface area contributed by atoms with Crippen LogP contribution in [0, 0.1) is 0 Å². The predicted molar refractivity (Wildman–Crippen MR) is 90.5 cm³/mol. The summed E-state index contributed by atoms with van der Waals surface area (Å²) in [4.78, 5) is 10.1. The minimum absolute atomic E-state index is 0. The quantitative estimate of drug-likeness (QED) is 0.914. The van der Waals surface area contributed by atoms with E-state index in [-0.39, 0.29) is 18.4 Å². The first-order valence-electron chi connectivity index (χ1n) is 7.11. The van der Waals surface area contributed by atoms with Gasteiger partial charge in [0.25, 0.3) is 5.89 Å². The van der Waals surface area contributed by atoms with Crippen molar-refractivity contribution in [2.24, 2.45) is 0 Å². The third kappa shape index (κ3) is 3.67. The molecule has 0 aliphatic carbocycles. The Morgan fingerprint density at radius 3 is 3.05 bits per heavy atom. The van der Waals surface area contributed by atoms with Crippen LogP contribution >= 0.6 is 23.7 Å². The second kappa shape index (κ2) is 7.52. The first kappa shape index (κ1) is 17.4. The van der Waals surface area contributed by atoms with Gasteiger partial charge in [-0.1, -0.05) is 5.16 Å². The highest BCUT2D eigenvalue weighted by molar-refractivity contribution is 7.13. The van der Waals surface area contributed by atoms with Gasteiger partial charge in [0.1, 0.15) is 0 Å². The van der Waals surface area contributed by atoms with Gasteiger partial charge in [0.05, 0.1) is 10.9 Å². The number of hydrogen-bond acceptors (Lipinski definition) is 7. The van der Waals surface area contributed by atoms with E-state index in [0.29, 0.717) is 5.89 Å². The molecule has 22 heavy (non-hydrogen) atoms. The van der Waals surface area contributed by atoms with Gasteiger partial charge in [0.15, 0.2) is 5.82 Å². The number of aromatic nitrogens is 2. The fourth-order valence-electron chi connectivity index (χ4n) is 2.55. The number of thiophene rings is 1. The maximum Gasteiger partial charge on any atom is 0.268 e. The van der Waals surface area contributed by atoms with Gasteiger partial charge >= 0.3 is 0 Å². The minimum Gasteiger partial charge on any atom is -0.333 e. The zero-order valence-electron chi connectivity index (χ0n) is 13.1. The van der Waals surface area contributed by atoms with Crippen LogP contribution in [0.5, 0.6) is 0 Å². The first-order chi connectivity index (χ1) is 10.1. The van der Waals surface area contributed by atoms with Crippen molar-refractivity contribution in [3.8, 4) is 10.8 Å². The van der Waals surface area contributed by atoms with Crippen LogP contribution < -0.4 is 5.32 Å². The van der Waals surface area contributed by atoms with Crippen LogP contribution in [0.25, 0.3) is 10.8 Å². The third-order valence-corrected chi connectivity index (χ3v) is 4.62. The maximum atomic E-state index is 5.51. The maximum absolute atomic E-state index is 5.51. The fraction of sp³-hybridized carbons (Fsp3) is 0.571. The Bertz CT molecular complexity index is 600. The second-order valence-electron chi connectivity index (χ2n) is 5.67. The summed E-state index contributed by atoms with van der Waals surface area (Å²) in [7, 11) is 6.22. The van der Waals surface area contributed by atoms with E-state index in [1.807, 2.05) is 0 Å². The highest BCUT2D eigenvalue weighted by Gasteiger charge is 2.26. The molecule has 6 nitrogen and oxygen atoms in total. The topological polar surface area (TPSA) is 57.4 Å². The van der Waals surface area contributed by atoms with E-state index in [9.17, 15) is 0 Å². The largest absolute Gasteiger partial charge is 0.333 e. The molecule has 1 atom stereocenters. The van der Waals surface area contributed by atoms with Crippen molar-refractivity contribution in [1.29, 1.82) is 0 Å². The summed E-state index contributed by atoms with van der Waals surface area (Å²) < 4.78 is 5.51. The molecule has 1 N–H and O–H groups in total. The second-order valence-corrected chi connectivity index (χ2v) is 6.59. The molecule has 1 aliphatic rings. The average molecular weight is 344 g/mol. The Labute approximate surface area is 140 Å². The van der Waals surface area contributed by atoms with E-state index in [0.717, 1.165) is 36.9 Å².